The first-order valence-corrected chi connectivity index (χ1v) is 9.85. The molecule has 9 heteroatoms. The Labute approximate surface area is 179 Å². The van der Waals surface area contributed by atoms with E-state index in [4.69, 9.17) is 21.4 Å². The first kappa shape index (κ1) is 21.3. The Kier molecular flexibility index (Phi) is 6.89. The van der Waals surface area contributed by atoms with Gasteiger partial charge in [0.15, 0.2) is 0 Å². The average molecular weight is 484 g/mol. The number of hydrogen-bond donors (Lipinski definition) is 3. The molecule has 1 aliphatic heterocycles. The molecular weight excluding hydrogens is 467 g/mol. The lowest BCUT2D eigenvalue weighted by atomic mass is 9.86. The zero-order chi connectivity index (χ0) is 21.0. The van der Waals surface area contributed by atoms with E-state index < -0.39 is 17.6 Å². The molecule has 3 N–H and O–H groups in total. The number of carbonyl (C=O) groups excluding carboxylic acids is 2. The molecule has 3 rings (SSSR count). The summed E-state index contributed by atoms with van der Waals surface area (Å²) in [7, 11) is 0. The minimum atomic E-state index is -0.587. The van der Waals surface area contributed by atoms with Crippen molar-refractivity contribution in [1.82, 2.24) is 5.32 Å². The summed E-state index contributed by atoms with van der Waals surface area (Å²) in [6.45, 7) is -0.135. The van der Waals surface area contributed by atoms with Crippen LogP contribution in [0.3, 0.4) is 0 Å². The zero-order valence-electron chi connectivity index (χ0n) is 15.0. The second kappa shape index (κ2) is 9.39. The van der Waals surface area contributed by atoms with Gasteiger partial charge in [0.2, 0.25) is 5.91 Å². The number of carbonyl (C=O) groups is 2. The molecule has 0 aromatic heterocycles. The van der Waals surface area contributed by atoms with Crippen LogP contribution in [0.1, 0.15) is 17.9 Å². The third-order valence-electron chi connectivity index (χ3n) is 4.29. The van der Waals surface area contributed by atoms with Gasteiger partial charge in [-0.2, -0.15) is 0 Å². The summed E-state index contributed by atoms with van der Waals surface area (Å²) in [6.07, 6.45) is 1.36. The lowest BCUT2D eigenvalue weighted by Gasteiger charge is -2.24. The molecule has 1 aliphatic rings. The number of anilines is 1. The SMILES string of the molecule is O=C1CC(c2cccc(F)c2)C(C(=O)Nc2cc(OCCO)c(Cl)cc2Br)=CN1. The Balaban J connectivity index is 1.88. The van der Waals surface area contributed by atoms with Gasteiger partial charge in [0.25, 0.3) is 5.91 Å². The number of halogens is 3. The van der Waals surface area contributed by atoms with E-state index in [1.807, 2.05) is 0 Å². The first-order valence-electron chi connectivity index (χ1n) is 8.68. The van der Waals surface area contributed by atoms with Crippen LogP contribution in [0, 0.1) is 5.82 Å². The second-order valence-electron chi connectivity index (χ2n) is 6.27. The van der Waals surface area contributed by atoms with Crippen LogP contribution in [-0.4, -0.2) is 30.1 Å². The number of amides is 2. The molecule has 2 aromatic rings. The van der Waals surface area contributed by atoms with Gasteiger partial charge < -0.3 is 20.5 Å². The number of nitrogens with one attached hydrogen (secondary N) is 2. The molecule has 0 fully saturated rings. The van der Waals surface area contributed by atoms with E-state index in [9.17, 15) is 14.0 Å². The van der Waals surface area contributed by atoms with Gasteiger partial charge in [0.1, 0.15) is 18.2 Å². The van der Waals surface area contributed by atoms with Gasteiger partial charge in [0, 0.05) is 34.7 Å². The molecule has 6 nitrogen and oxygen atoms in total. The molecule has 2 aromatic carbocycles. The van der Waals surface area contributed by atoms with Crippen molar-refractivity contribution >= 4 is 45.0 Å². The maximum absolute atomic E-state index is 13.7. The molecule has 0 saturated heterocycles. The van der Waals surface area contributed by atoms with Crippen LogP contribution >= 0.6 is 27.5 Å². The minimum absolute atomic E-state index is 0.0232. The van der Waals surface area contributed by atoms with Crippen molar-refractivity contribution in [2.75, 3.05) is 18.5 Å². The summed E-state index contributed by atoms with van der Waals surface area (Å²) in [5.74, 6) is -1.46. The predicted octanol–water partition coefficient (Wildman–Crippen LogP) is 3.74. The van der Waals surface area contributed by atoms with Crippen LogP contribution in [0.25, 0.3) is 0 Å². The molecule has 0 bridgehead atoms. The number of ether oxygens (including phenoxy) is 1. The Morgan fingerprint density at radius 1 is 1.38 bits per heavy atom. The normalized spacial score (nSPS) is 16.1. The van der Waals surface area contributed by atoms with Gasteiger partial charge in [-0.1, -0.05) is 23.7 Å². The van der Waals surface area contributed by atoms with E-state index in [0.717, 1.165) is 0 Å². The van der Waals surface area contributed by atoms with Gasteiger partial charge in [-0.3, -0.25) is 9.59 Å². The van der Waals surface area contributed by atoms with Gasteiger partial charge in [-0.25, -0.2) is 4.39 Å². The van der Waals surface area contributed by atoms with Crippen molar-refractivity contribution in [2.24, 2.45) is 0 Å². The highest BCUT2D eigenvalue weighted by Gasteiger charge is 2.29. The highest BCUT2D eigenvalue weighted by molar-refractivity contribution is 9.10. The van der Waals surface area contributed by atoms with Crippen LogP contribution in [0.15, 0.2) is 52.6 Å². The van der Waals surface area contributed by atoms with Crippen LogP contribution in [0.5, 0.6) is 5.75 Å². The minimum Gasteiger partial charge on any atom is -0.490 e. The predicted molar refractivity (Wildman–Crippen MR) is 110 cm³/mol. The highest BCUT2D eigenvalue weighted by atomic mass is 79.9. The van der Waals surface area contributed by atoms with E-state index in [-0.39, 0.29) is 31.1 Å². The van der Waals surface area contributed by atoms with Crippen molar-refractivity contribution in [2.45, 2.75) is 12.3 Å². The van der Waals surface area contributed by atoms with E-state index >= 15 is 0 Å². The summed E-state index contributed by atoms with van der Waals surface area (Å²) >= 11 is 9.45. The Morgan fingerprint density at radius 3 is 2.90 bits per heavy atom. The van der Waals surface area contributed by atoms with Crippen molar-refractivity contribution in [3.63, 3.8) is 0 Å². The van der Waals surface area contributed by atoms with Crippen molar-refractivity contribution < 1.29 is 23.8 Å². The molecule has 0 spiro atoms. The molecular formula is C20H17BrClFN2O4. The molecule has 0 aliphatic carbocycles. The van der Waals surface area contributed by atoms with Gasteiger partial charge in [-0.05, 0) is 39.7 Å². The monoisotopic (exact) mass is 482 g/mol. The third kappa shape index (κ3) is 5.14. The number of aliphatic hydroxyl groups is 1. The van der Waals surface area contributed by atoms with Gasteiger partial charge in [0.05, 0.1) is 17.3 Å². The van der Waals surface area contributed by atoms with Crippen LogP contribution in [0.4, 0.5) is 10.1 Å². The fraction of sp³-hybridized carbons (Fsp3) is 0.200. The van der Waals surface area contributed by atoms with Crippen molar-refractivity contribution in [3.8, 4) is 5.75 Å². The summed E-state index contributed by atoms with van der Waals surface area (Å²) < 4.78 is 19.5. The maximum Gasteiger partial charge on any atom is 0.253 e. The zero-order valence-corrected chi connectivity index (χ0v) is 17.4. The number of benzene rings is 2. The lowest BCUT2D eigenvalue weighted by Crippen LogP contribution is -2.32. The summed E-state index contributed by atoms with van der Waals surface area (Å²) in [6, 6.07) is 8.90. The van der Waals surface area contributed by atoms with Gasteiger partial charge >= 0.3 is 0 Å². The standard InChI is InChI=1S/C20H17BrClFN2O4/c21-15-8-16(22)18(29-5-4-26)9-17(15)25-20(28)14-10-24-19(27)7-13(14)11-2-1-3-12(23)6-11/h1-3,6,8-10,13,26H,4-5,7H2,(H,24,27)(H,25,28). The molecule has 152 valence electrons. The molecule has 1 heterocycles. The van der Waals surface area contributed by atoms with E-state index in [1.54, 1.807) is 12.1 Å². The summed E-state index contributed by atoms with van der Waals surface area (Å²) in [5.41, 5.74) is 1.21. The summed E-state index contributed by atoms with van der Waals surface area (Å²) in [5, 5.41) is 14.5. The molecule has 0 saturated carbocycles. The number of aliphatic hydroxyl groups excluding tert-OH is 1. The summed E-state index contributed by atoms with van der Waals surface area (Å²) in [4.78, 5) is 24.8. The van der Waals surface area contributed by atoms with Crippen molar-refractivity contribution in [1.29, 1.82) is 0 Å². The van der Waals surface area contributed by atoms with Crippen LogP contribution in [0.2, 0.25) is 5.02 Å². The fourth-order valence-electron chi connectivity index (χ4n) is 2.94. The van der Waals surface area contributed by atoms with E-state index in [2.05, 4.69) is 26.6 Å². The Bertz CT molecular complexity index is 983. The molecule has 29 heavy (non-hydrogen) atoms. The third-order valence-corrected chi connectivity index (χ3v) is 5.24. The fourth-order valence-corrected chi connectivity index (χ4v) is 3.74. The van der Waals surface area contributed by atoms with E-state index in [0.29, 0.717) is 26.5 Å². The van der Waals surface area contributed by atoms with E-state index in [1.165, 1.54) is 30.5 Å². The average Bonchev–Trinajstić information content (AvgIpc) is 2.69. The Hall–Kier alpha value is -2.42. The topological polar surface area (TPSA) is 87.7 Å². The van der Waals surface area contributed by atoms with Gasteiger partial charge in [-0.15, -0.1) is 0 Å². The first-order chi connectivity index (χ1) is 13.9. The molecule has 0 radical (unpaired) electrons. The molecule has 1 atom stereocenters. The molecule has 1 unspecified atom stereocenters. The maximum atomic E-state index is 13.7. The van der Waals surface area contributed by atoms with Crippen LogP contribution < -0.4 is 15.4 Å². The number of rotatable bonds is 6. The smallest absolute Gasteiger partial charge is 0.253 e. The number of hydrogen-bond acceptors (Lipinski definition) is 4. The second-order valence-corrected chi connectivity index (χ2v) is 7.53. The largest absolute Gasteiger partial charge is 0.490 e. The van der Waals surface area contributed by atoms with Crippen molar-refractivity contribution in [3.05, 3.63) is 69.0 Å². The highest BCUT2D eigenvalue weighted by Crippen LogP contribution is 2.36. The Morgan fingerprint density at radius 2 is 2.17 bits per heavy atom. The molecule has 2 amide bonds. The lowest BCUT2D eigenvalue weighted by molar-refractivity contribution is -0.121. The van der Waals surface area contributed by atoms with Crippen LogP contribution in [-0.2, 0) is 9.59 Å². The quantitative estimate of drug-likeness (QED) is 0.584.